The maximum absolute atomic E-state index is 12.1. The highest BCUT2D eigenvalue weighted by Crippen LogP contribution is 2.13. The van der Waals surface area contributed by atoms with Gasteiger partial charge >= 0.3 is 0 Å². The molecule has 1 N–H and O–H groups in total. The highest BCUT2D eigenvalue weighted by molar-refractivity contribution is 6.31. The molecule has 3 nitrogen and oxygen atoms in total. The van der Waals surface area contributed by atoms with Crippen LogP contribution in [0.25, 0.3) is 0 Å². The molecule has 1 heterocycles. The summed E-state index contributed by atoms with van der Waals surface area (Å²) >= 11 is 5.83. The normalized spacial score (nSPS) is 10.3. The van der Waals surface area contributed by atoms with Crippen LogP contribution in [0.1, 0.15) is 28.5 Å². The molecule has 0 aliphatic heterocycles. The molecule has 1 aromatic heterocycles. The Morgan fingerprint density at radius 2 is 2.06 bits per heavy atom. The molecule has 0 unspecified atom stereocenters. The lowest BCUT2D eigenvalue weighted by Gasteiger charge is -2.02. The first-order chi connectivity index (χ1) is 8.61. The molecular weight excluding hydrogens is 250 g/mol. The van der Waals surface area contributed by atoms with Crippen molar-refractivity contribution in [1.82, 2.24) is 4.98 Å². The largest absolute Gasteiger partial charge is 0.326 e. The van der Waals surface area contributed by atoms with Crippen LogP contribution >= 0.6 is 11.6 Å². The predicted octanol–water partition coefficient (Wildman–Crippen LogP) is 2.82. The summed E-state index contributed by atoms with van der Waals surface area (Å²) in [6.45, 7) is 1.93. The first kappa shape index (κ1) is 12.6. The molecule has 0 aliphatic carbocycles. The minimum Gasteiger partial charge on any atom is -0.326 e. The minimum absolute atomic E-state index is 0.134. The maximum Gasteiger partial charge on any atom is 0.259 e. The summed E-state index contributed by atoms with van der Waals surface area (Å²) in [5, 5.41) is 0.474. The topological polar surface area (TPSA) is 49.9 Å². The standard InChI is InChI=1S/C14H12ClNO2/c1-2-11-6-7-12(14(18)16-11)13(17)9-4-3-5-10(15)8-9/h3-8H,2H2,1H3,(H,16,18). The predicted molar refractivity (Wildman–Crippen MR) is 71.3 cm³/mol. The lowest BCUT2D eigenvalue weighted by atomic mass is 10.0. The maximum atomic E-state index is 12.1. The number of halogens is 1. The van der Waals surface area contributed by atoms with Crippen molar-refractivity contribution in [2.75, 3.05) is 0 Å². The summed E-state index contributed by atoms with van der Waals surface area (Å²) in [6.07, 6.45) is 0.723. The van der Waals surface area contributed by atoms with Gasteiger partial charge in [-0.3, -0.25) is 9.59 Å². The Morgan fingerprint density at radius 3 is 2.67 bits per heavy atom. The first-order valence-electron chi connectivity index (χ1n) is 5.64. The van der Waals surface area contributed by atoms with Gasteiger partial charge < -0.3 is 4.98 Å². The summed E-state index contributed by atoms with van der Waals surface area (Å²) in [5.74, 6) is -0.318. The number of pyridine rings is 1. The van der Waals surface area contributed by atoms with Crippen LogP contribution in [0.4, 0.5) is 0 Å². The van der Waals surface area contributed by atoms with Gasteiger partial charge in [0.05, 0.1) is 5.56 Å². The van der Waals surface area contributed by atoms with E-state index in [1.807, 2.05) is 6.92 Å². The lowest BCUT2D eigenvalue weighted by Crippen LogP contribution is -2.19. The van der Waals surface area contributed by atoms with Crippen LogP contribution in [0.2, 0.25) is 5.02 Å². The Bertz CT molecular complexity index is 646. The summed E-state index contributed by atoms with van der Waals surface area (Å²) in [4.78, 5) is 26.6. The van der Waals surface area contributed by atoms with E-state index in [1.54, 1.807) is 36.4 Å². The van der Waals surface area contributed by atoms with Crippen LogP contribution in [0.15, 0.2) is 41.2 Å². The Balaban J connectivity index is 2.43. The summed E-state index contributed by atoms with van der Waals surface area (Å²) in [5.41, 5.74) is 0.994. The number of hydrogen-bond donors (Lipinski definition) is 1. The van der Waals surface area contributed by atoms with E-state index in [1.165, 1.54) is 0 Å². The van der Waals surface area contributed by atoms with Gasteiger partial charge in [0, 0.05) is 16.3 Å². The third-order valence-corrected chi connectivity index (χ3v) is 2.92. The van der Waals surface area contributed by atoms with Gasteiger partial charge in [0.1, 0.15) is 0 Å². The van der Waals surface area contributed by atoms with Gasteiger partial charge in [0.25, 0.3) is 5.56 Å². The molecule has 0 radical (unpaired) electrons. The van der Waals surface area contributed by atoms with Gasteiger partial charge in [-0.15, -0.1) is 0 Å². The van der Waals surface area contributed by atoms with Crippen molar-refractivity contribution in [2.45, 2.75) is 13.3 Å². The number of H-pyrrole nitrogens is 1. The molecule has 0 bridgehead atoms. The van der Waals surface area contributed by atoms with Crippen molar-refractivity contribution in [1.29, 1.82) is 0 Å². The number of hydrogen-bond acceptors (Lipinski definition) is 2. The van der Waals surface area contributed by atoms with Crippen molar-refractivity contribution in [2.24, 2.45) is 0 Å². The van der Waals surface area contributed by atoms with Gasteiger partial charge in [-0.2, -0.15) is 0 Å². The van der Waals surface area contributed by atoms with Gasteiger partial charge in [0.15, 0.2) is 5.78 Å². The van der Waals surface area contributed by atoms with E-state index in [2.05, 4.69) is 4.98 Å². The SMILES string of the molecule is CCc1ccc(C(=O)c2cccc(Cl)c2)c(=O)[nH]1. The Kier molecular flexibility index (Phi) is 3.63. The van der Waals surface area contributed by atoms with Crippen molar-refractivity contribution in [3.63, 3.8) is 0 Å². The van der Waals surface area contributed by atoms with E-state index in [4.69, 9.17) is 11.6 Å². The summed E-state index contributed by atoms with van der Waals surface area (Å²) in [6, 6.07) is 9.87. The molecule has 18 heavy (non-hydrogen) atoms. The quantitative estimate of drug-likeness (QED) is 0.864. The molecule has 92 valence electrons. The van der Waals surface area contributed by atoms with E-state index in [9.17, 15) is 9.59 Å². The number of ketones is 1. The second-order valence-electron chi connectivity index (χ2n) is 3.92. The van der Waals surface area contributed by atoms with Gasteiger partial charge in [-0.1, -0.05) is 30.7 Å². The Labute approximate surface area is 109 Å². The van der Waals surface area contributed by atoms with E-state index in [0.717, 1.165) is 12.1 Å². The highest BCUT2D eigenvalue weighted by Gasteiger charge is 2.13. The second-order valence-corrected chi connectivity index (χ2v) is 4.36. The number of aromatic nitrogens is 1. The van der Waals surface area contributed by atoms with Gasteiger partial charge in [-0.05, 0) is 30.7 Å². The molecule has 1 aromatic carbocycles. The molecule has 2 rings (SSSR count). The van der Waals surface area contributed by atoms with Crippen LogP contribution in [-0.2, 0) is 6.42 Å². The molecular formula is C14H12ClNO2. The van der Waals surface area contributed by atoms with E-state index in [0.29, 0.717) is 10.6 Å². The number of benzene rings is 1. The van der Waals surface area contributed by atoms with Crippen molar-refractivity contribution >= 4 is 17.4 Å². The molecule has 0 aliphatic rings. The summed E-state index contributed by atoms with van der Waals surface area (Å²) in [7, 11) is 0. The molecule has 0 saturated carbocycles. The monoisotopic (exact) mass is 261 g/mol. The Hall–Kier alpha value is -1.87. The zero-order valence-corrected chi connectivity index (χ0v) is 10.6. The average Bonchev–Trinajstić information content (AvgIpc) is 2.37. The van der Waals surface area contributed by atoms with E-state index < -0.39 is 0 Å². The van der Waals surface area contributed by atoms with E-state index in [-0.39, 0.29) is 16.9 Å². The first-order valence-corrected chi connectivity index (χ1v) is 6.02. The van der Waals surface area contributed by atoms with Crippen LogP contribution in [0.3, 0.4) is 0 Å². The molecule has 0 fully saturated rings. The molecule has 0 saturated heterocycles. The van der Waals surface area contributed by atoms with Gasteiger partial charge in [0.2, 0.25) is 0 Å². The third-order valence-electron chi connectivity index (χ3n) is 2.68. The van der Waals surface area contributed by atoms with Crippen LogP contribution < -0.4 is 5.56 Å². The third kappa shape index (κ3) is 2.51. The molecule has 0 spiro atoms. The zero-order valence-electron chi connectivity index (χ0n) is 9.87. The Morgan fingerprint density at radius 1 is 1.28 bits per heavy atom. The number of rotatable bonds is 3. The average molecular weight is 262 g/mol. The van der Waals surface area contributed by atoms with Crippen LogP contribution in [0.5, 0.6) is 0 Å². The van der Waals surface area contributed by atoms with Crippen molar-refractivity contribution in [3.05, 3.63) is 68.6 Å². The number of aryl methyl sites for hydroxylation is 1. The fourth-order valence-corrected chi connectivity index (χ4v) is 1.87. The minimum atomic E-state index is -0.362. The number of aromatic amines is 1. The number of nitrogens with one attached hydrogen (secondary N) is 1. The van der Waals surface area contributed by atoms with Crippen LogP contribution in [-0.4, -0.2) is 10.8 Å². The second kappa shape index (κ2) is 5.19. The molecule has 4 heteroatoms. The molecule has 0 amide bonds. The van der Waals surface area contributed by atoms with Gasteiger partial charge in [-0.25, -0.2) is 0 Å². The molecule has 0 atom stereocenters. The summed E-state index contributed by atoms with van der Waals surface area (Å²) < 4.78 is 0. The molecule has 2 aromatic rings. The number of carbonyl (C=O) groups excluding carboxylic acids is 1. The van der Waals surface area contributed by atoms with Crippen molar-refractivity contribution < 1.29 is 4.79 Å². The lowest BCUT2D eigenvalue weighted by molar-refractivity contribution is 0.103. The van der Waals surface area contributed by atoms with Crippen LogP contribution in [0, 0.1) is 0 Å². The van der Waals surface area contributed by atoms with Crippen molar-refractivity contribution in [3.8, 4) is 0 Å². The fraction of sp³-hybridized carbons (Fsp3) is 0.143. The smallest absolute Gasteiger partial charge is 0.259 e. The van der Waals surface area contributed by atoms with E-state index >= 15 is 0 Å². The number of carbonyl (C=O) groups is 1. The highest BCUT2D eigenvalue weighted by atomic mass is 35.5. The fourth-order valence-electron chi connectivity index (χ4n) is 1.68. The zero-order chi connectivity index (χ0) is 13.1.